The van der Waals surface area contributed by atoms with Crippen LogP contribution in [0, 0.1) is 0 Å². The Kier molecular flexibility index (Phi) is 4.16. The van der Waals surface area contributed by atoms with E-state index in [0.717, 1.165) is 0 Å². The van der Waals surface area contributed by atoms with E-state index in [9.17, 15) is 14.7 Å². The number of phenols is 1. The van der Waals surface area contributed by atoms with E-state index in [0.29, 0.717) is 11.8 Å². The molecule has 0 bridgehead atoms. The van der Waals surface area contributed by atoms with Crippen LogP contribution in [0.5, 0.6) is 5.75 Å². The summed E-state index contributed by atoms with van der Waals surface area (Å²) in [6.07, 6.45) is 0.379. The fourth-order valence-corrected chi connectivity index (χ4v) is 2.07. The summed E-state index contributed by atoms with van der Waals surface area (Å²) in [5.74, 6) is -0.582. The molecule has 0 aliphatic rings. The van der Waals surface area contributed by atoms with Crippen molar-refractivity contribution < 1.29 is 14.7 Å². The molecule has 2 aromatic carbocycles. The highest BCUT2D eigenvalue weighted by Crippen LogP contribution is 2.25. The molecule has 2 aromatic rings. The van der Waals surface area contributed by atoms with Crippen molar-refractivity contribution in [1.82, 2.24) is 0 Å². The van der Waals surface area contributed by atoms with Gasteiger partial charge in [0, 0.05) is 0 Å². The van der Waals surface area contributed by atoms with Gasteiger partial charge in [0.15, 0.2) is 17.6 Å². The molecule has 0 aromatic heterocycles. The fourth-order valence-electron chi connectivity index (χ4n) is 2.07. The third-order valence-corrected chi connectivity index (χ3v) is 3.38. The van der Waals surface area contributed by atoms with E-state index in [2.05, 4.69) is 0 Å². The van der Waals surface area contributed by atoms with Crippen LogP contribution in [0.1, 0.15) is 17.2 Å². The minimum absolute atomic E-state index is 0.0202. The number of carbonyl (C=O) groups excluding carboxylic acids is 2. The van der Waals surface area contributed by atoms with Crippen LogP contribution in [0.3, 0.4) is 0 Å². The maximum atomic E-state index is 12.5. The first-order valence-corrected chi connectivity index (χ1v) is 6.38. The zero-order valence-electron chi connectivity index (χ0n) is 11.3. The van der Waals surface area contributed by atoms with Crippen LogP contribution in [0.25, 0.3) is 0 Å². The molecule has 0 aliphatic heterocycles. The Balaban J connectivity index is 2.38. The topological polar surface area (TPSA) is 106 Å². The Morgan fingerprint density at radius 3 is 2.19 bits per heavy atom. The molecule has 0 saturated carbocycles. The minimum atomic E-state index is -1.84. The molecule has 0 amide bonds. The van der Waals surface area contributed by atoms with Crippen LogP contribution in [0.15, 0.2) is 54.6 Å². The number of Topliss-reactive ketones (excluding diaryl/α,β-unsaturated/α-hetero) is 1. The molecule has 2 atom stereocenters. The van der Waals surface area contributed by atoms with Crippen LogP contribution in [-0.4, -0.2) is 17.2 Å². The van der Waals surface area contributed by atoms with Gasteiger partial charge in [0.2, 0.25) is 0 Å². The second-order valence-electron chi connectivity index (χ2n) is 4.79. The fraction of sp³-hybridized carbons (Fsp3) is 0.125. The molecule has 0 radical (unpaired) electrons. The third kappa shape index (κ3) is 2.84. The summed E-state index contributed by atoms with van der Waals surface area (Å²) < 4.78 is 0. The predicted molar refractivity (Wildman–Crippen MR) is 78.4 cm³/mol. The average Bonchev–Trinajstić information content (AvgIpc) is 2.54. The van der Waals surface area contributed by atoms with Crippen molar-refractivity contribution in [2.24, 2.45) is 11.5 Å². The second kappa shape index (κ2) is 5.87. The SMILES string of the molecule is NC(C(=O)C(N)(C=O)c1ccc(O)cc1)c1ccccc1. The van der Waals surface area contributed by atoms with Gasteiger partial charge in [0.05, 0.1) is 6.04 Å². The number of nitrogens with two attached hydrogens (primary N) is 2. The van der Waals surface area contributed by atoms with Crippen molar-refractivity contribution in [3.63, 3.8) is 0 Å². The molecule has 5 heteroatoms. The number of carbonyl (C=O) groups is 2. The molecule has 2 unspecified atom stereocenters. The van der Waals surface area contributed by atoms with Crippen molar-refractivity contribution in [2.75, 3.05) is 0 Å². The molecule has 108 valence electrons. The molecule has 2 rings (SSSR count). The van der Waals surface area contributed by atoms with Gasteiger partial charge < -0.3 is 21.4 Å². The van der Waals surface area contributed by atoms with Gasteiger partial charge >= 0.3 is 0 Å². The van der Waals surface area contributed by atoms with Crippen LogP contribution in [0.4, 0.5) is 0 Å². The molecule has 0 spiro atoms. The Labute approximate surface area is 122 Å². The standard InChI is InChI=1S/C16H16N2O3/c17-14(11-4-2-1-3-5-11)15(21)16(18,10-19)12-6-8-13(20)9-7-12/h1-10,14,20H,17-18H2. The number of ketones is 1. The van der Waals surface area contributed by atoms with Crippen molar-refractivity contribution in [1.29, 1.82) is 0 Å². The van der Waals surface area contributed by atoms with Gasteiger partial charge in [-0.2, -0.15) is 0 Å². The van der Waals surface area contributed by atoms with Gasteiger partial charge in [0.25, 0.3) is 0 Å². The van der Waals surface area contributed by atoms with E-state index in [1.165, 1.54) is 24.3 Å². The zero-order chi connectivity index (χ0) is 15.5. The summed E-state index contributed by atoms with van der Waals surface area (Å²) in [7, 11) is 0. The molecule has 21 heavy (non-hydrogen) atoms. The van der Waals surface area contributed by atoms with Crippen LogP contribution < -0.4 is 11.5 Å². The Bertz CT molecular complexity index is 640. The second-order valence-corrected chi connectivity index (χ2v) is 4.79. The van der Waals surface area contributed by atoms with Gasteiger partial charge in [-0.25, -0.2) is 0 Å². The Hall–Kier alpha value is -2.50. The number of rotatable bonds is 5. The molecule has 0 fully saturated rings. The van der Waals surface area contributed by atoms with E-state index in [1.54, 1.807) is 30.3 Å². The van der Waals surface area contributed by atoms with Crippen molar-refractivity contribution >= 4 is 12.1 Å². The number of hydrogen-bond acceptors (Lipinski definition) is 5. The summed E-state index contributed by atoms with van der Waals surface area (Å²) in [4.78, 5) is 24.0. The average molecular weight is 284 g/mol. The van der Waals surface area contributed by atoms with E-state index in [1.807, 2.05) is 0 Å². The summed E-state index contributed by atoms with van der Waals surface area (Å²) in [5.41, 5.74) is 10.9. The number of phenolic OH excluding ortho intramolecular Hbond substituents is 1. The molecular weight excluding hydrogens is 268 g/mol. The summed E-state index contributed by atoms with van der Waals surface area (Å²) in [6.45, 7) is 0. The molecule has 5 nitrogen and oxygen atoms in total. The van der Waals surface area contributed by atoms with Gasteiger partial charge in [-0.3, -0.25) is 4.79 Å². The highest BCUT2D eigenvalue weighted by Gasteiger charge is 2.39. The number of hydrogen-bond donors (Lipinski definition) is 3. The lowest BCUT2D eigenvalue weighted by Gasteiger charge is -2.25. The van der Waals surface area contributed by atoms with Gasteiger partial charge in [-0.05, 0) is 23.3 Å². The highest BCUT2D eigenvalue weighted by atomic mass is 16.3. The highest BCUT2D eigenvalue weighted by molar-refractivity contribution is 6.06. The first-order valence-electron chi connectivity index (χ1n) is 6.38. The Morgan fingerprint density at radius 1 is 1.10 bits per heavy atom. The van der Waals surface area contributed by atoms with Crippen molar-refractivity contribution in [3.8, 4) is 5.75 Å². The molecule has 0 aliphatic carbocycles. The van der Waals surface area contributed by atoms with E-state index >= 15 is 0 Å². The maximum Gasteiger partial charge on any atom is 0.185 e. The van der Waals surface area contributed by atoms with Gasteiger partial charge in [-0.15, -0.1) is 0 Å². The monoisotopic (exact) mass is 284 g/mol. The summed E-state index contributed by atoms with van der Waals surface area (Å²) in [5, 5.41) is 9.28. The predicted octanol–water partition coefficient (Wildman–Crippen LogP) is 1.01. The van der Waals surface area contributed by atoms with Crippen molar-refractivity contribution in [2.45, 2.75) is 11.6 Å². The Morgan fingerprint density at radius 2 is 1.67 bits per heavy atom. The molecule has 0 heterocycles. The lowest BCUT2D eigenvalue weighted by atomic mass is 9.83. The lowest BCUT2D eigenvalue weighted by Crippen LogP contribution is -2.50. The van der Waals surface area contributed by atoms with Gasteiger partial charge in [0.1, 0.15) is 5.75 Å². The lowest BCUT2D eigenvalue weighted by molar-refractivity contribution is -0.130. The number of aromatic hydroxyl groups is 1. The smallest absolute Gasteiger partial charge is 0.185 e. The maximum absolute atomic E-state index is 12.5. The third-order valence-electron chi connectivity index (χ3n) is 3.38. The zero-order valence-corrected chi connectivity index (χ0v) is 11.3. The van der Waals surface area contributed by atoms with Crippen molar-refractivity contribution in [3.05, 3.63) is 65.7 Å². The van der Waals surface area contributed by atoms with Gasteiger partial charge in [-0.1, -0.05) is 42.5 Å². The quantitative estimate of drug-likeness (QED) is 0.561. The largest absolute Gasteiger partial charge is 0.508 e. The summed E-state index contributed by atoms with van der Waals surface area (Å²) >= 11 is 0. The van der Waals surface area contributed by atoms with Crippen LogP contribution in [-0.2, 0) is 15.1 Å². The molecule has 0 saturated heterocycles. The first kappa shape index (κ1) is 14.9. The van der Waals surface area contributed by atoms with E-state index in [-0.39, 0.29) is 11.3 Å². The summed E-state index contributed by atoms with van der Waals surface area (Å²) in [6, 6.07) is 13.3. The number of aldehydes is 1. The normalized spacial score (nSPS) is 15.0. The molecular formula is C16H16N2O3. The minimum Gasteiger partial charge on any atom is -0.508 e. The van der Waals surface area contributed by atoms with Crippen LogP contribution in [0.2, 0.25) is 0 Å². The van der Waals surface area contributed by atoms with Crippen LogP contribution >= 0.6 is 0 Å². The first-order chi connectivity index (χ1) is 9.99. The molecule has 5 N–H and O–H groups in total. The van der Waals surface area contributed by atoms with E-state index in [4.69, 9.17) is 11.5 Å². The van der Waals surface area contributed by atoms with E-state index < -0.39 is 17.4 Å². The number of benzene rings is 2.